The minimum absolute atomic E-state index is 0.315. The SMILES string of the molecule is O=C(O)c1ccc(CNCc2ccco2)cc1F. The van der Waals surface area contributed by atoms with Crippen LogP contribution in [-0.4, -0.2) is 11.1 Å². The van der Waals surface area contributed by atoms with Crippen molar-refractivity contribution in [3.63, 3.8) is 0 Å². The fourth-order valence-electron chi connectivity index (χ4n) is 1.59. The number of nitrogens with one attached hydrogen (secondary N) is 1. The van der Waals surface area contributed by atoms with Crippen LogP contribution in [0.2, 0.25) is 0 Å². The normalized spacial score (nSPS) is 10.5. The Kier molecular flexibility index (Phi) is 3.74. The number of aromatic carboxylic acids is 1. The van der Waals surface area contributed by atoms with Crippen LogP contribution in [0.1, 0.15) is 21.7 Å². The number of furan rings is 1. The fourth-order valence-corrected chi connectivity index (χ4v) is 1.59. The van der Waals surface area contributed by atoms with E-state index in [2.05, 4.69) is 5.32 Å². The maximum Gasteiger partial charge on any atom is 0.338 e. The molecule has 0 saturated heterocycles. The van der Waals surface area contributed by atoms with Crippen molar-refractivity contribution in [2.45, 2.75) is 13.1 Å². The summed E-state index contributed by atoms with van der Waals surface area (Å²) in [7, 11) is 0. The van der Waals surface area contributed by atoms with E-state index in [0.29, 0.717) is 18.7 Å². The zero-order valence-electron chi connectivity index (χ0n) is 9.52. The second-order valence-electron chi connectivity index (χ2n) is 3.80. The zero-order chi connectivity index (χ0) is 13.0. The van der Waals surface area contributed by atoms with Gasteiger partial charge in [-0.2, -0.15) is 0 Å². The Hall–Kier alpha value is -2.14. The topological polar surface area (TPSA) is 62.5 Å². The van der Waals surface area contributed by atoms with Crippen LogP contribution >= 0.6 is 0 Å². The molecule has 0 aliphatic heterocycles. The molecular formula is C13H12FNO3. The molecule has 0 aliphatic rings. The van der Waals surface area contributed by atoms with Gasteiger partial charge in [0.15, 0.2) is 0 Å². The Bertz CT molecular complexity index is 537. The lowest BCUT2D eigenvalue weighted by molar-refractivity contribution is 0.0692. The molecule has 1 aromatic carbocycles. The summed E-state index contributed by atoms with van der Waals surface area (Å²) < 4.78 is 18.5. The number of hydrogen-bond donors (Lipinski definition) is 2. The van der Waals surface area contributed by atoms with E-state index in [1.807, 2.05) is 6.07 Å². The number of benzene rings is 1. The first kappa shape index (κ1) is 12.3. The minimum Gasteiger partial charge on any atom is -0.478 e. The Balaban J connectivity index is 1.94. The monoisotopic (exact) mass is 249 g/mol. The molecule has 1 heterocycles. The van der Waals surface area contributed by atoms with Gasteiger partial charge in [0, 0.05) is 6.54 Å². The molecule has 94 valence electrons. The molecule has 4 nitrogen and oxygen atoms in total. The maximum absolute atomic E-state index is 13.4. The maximum atomic E-state index is 13.4. The van der Waals surface area contributed by atoms with Crippen LogP contribution in [-0.2, 0) is 13.1 Å². The number of hydrogen-bond acceptors (Lipinski definition) is 3. The van der Waals surface area contributed by atoms with Gasteiger partial charge in [-0.1, -0.05) is 6.07 Å². The van der Waals surface area contributed by atoms with Crippen molar-refractivity contribution < 1.29 is 18.7 Å². The zero-order valence-corrected chi connectivity index (χ0v) is 9.52. The van der Waals surface area contributed by atoms with E-state index in [0.717, 1.165) is 5.76 Å². The van der Waals surface area contributed by atoms with Crippen LogP contribution in [0.5, 0.6) is 0 Å². The third kappa shape index (κ3) is 2.95. The number of carboxylic acids is 1. The number of halogens is 1. The lowest BCUT2D eigenvalue weighted by Gasteiger charge is -2.04. The van der Waals surface area contributed by atoms with E-state index in [4.69, 9.17) is 9.52 Å². The van der Waals surface area contributed by atoms with Gasteiger partial charge in [0.05, 0.1) is 18.4 Å². The average molecular weight is 249 g/mol. The Labute approximate surface area is 103 Å². The van der Waals surface area contributed by atoms with Crippen molar-refractivity contribution in [1.82, 2.24) is 5.32 Å². The van der Waals surface area contributed by atoms with Crippen molar-refractivity contribution in [1.29, 1.82) is 0 Å². The van der Waals surface area contributed by atoms with Crippen LogP contribution in [0.25, 0.3) is 0 Å². The molecule has 0 unspecified atom stereocenters. The summed E-state index contributed by atoms with van der Waals surface area (Å²) in [6.45, 7) is 0.979. The molecular weight excluding hydrogens is 237 g/mol. The summed E-state index contributed by atoms with van der Waals surface area (Å²) in [4.78, 5) is 10.6. The highest BCUT2D eigenvalue weighted by Gasteiger charge is 2.10. The van der Waals surface area contributed by atoms with Crippen molar-refractivity contribution in [3.05, 3.63) is 59.3 Å². The summed E-state index contributed by atoms with van der Waals surface area (Å²) in [5.74, 6) is -1.19. The van der Waals surface area contributed by atoms with E-state index in [1.54, 1.807) is 18.4 Å². The Morgan fingerprint density at radius 2 is 2.17 bits per heavy atom. The van der Waals surface area contributed by atoms with Gasteiger partial charge in [0.2, 0.25) is 0 Å². The largest absolute Gasteiger partial charge is 0.478 e. The van der Waals surface area contributed by atoms with E-state index >= 15 is 0 Å². The molecule has 2 N–H and O–H groups in total. The van der Waals surface area contributed by atoms with Gasteiger partial charge in [0.25, 0.3) is 0 Å². The van der Waals surface area contributed by atoms with Crippen LogP contribution in [0.3, 0.4) is 0 Å². The van der Waals surface area contributed by atoms with Crippen molar-refractivity contribution in [2.24, 2.45) is 0 Å². The first-order chi connectivity index (χ1) is 8.66. The first-order valence-corrected chi connectivity index (χ1v) is 5.41. The number of rotatable bonds is 5. The van der Waals surface area contributed by atoms with Gasteiger partial charge in [-0.25, -0.2) is 9.18 Å². The second kappa shape index (κ2) is 5.46. The molecule has 0 fully saturated rings. The van der Waals surface area contributed by atoms with Gasteiger partial charge in [-0.3, -0.25) is 0 Å². The summed E-state index contributed by atoms with van der Waals surface area (Å²) in [5, 5.41) is 11.8. The Morgan fingerprint density at radius 3 is 2.78 bits per heavy atom. The first-order valence-electron chi connectivity index (χ1n) is 5.41. The highest BCUT2D eigenvalue weighted by Crippen LogP contribution is 2.10. The fraction of sp³-hybridized carbons (Fsp3) is 0.154. The third-order valence-electron chi connectivity index (χ3n) is 2.47. The lowest BCUT2D eigenvalue weighted by Crippen LogP contribution is -2.12. The smallest absolute Gasteiger partial charge is 0.338 e. The quantitative estimate of drug-likeness (QED) is 0.854. The van der Waals surface area contributed by atoms with Gasteiger partial charge >= 0.3 is 5.97 Å². The molecule has 18 heavy (non-hydrogen) atoms. The van der Waals surface area contributed by atoms with Gasteiger partial charge in [-0.15, -0.1) is 0 Å². The molecule has 0 saturated carbocycles. The lowest BCUT2D eigenvalue weighted by atomic mass is 10.1. The summed E-state index contributed by atoms with van der Waals surface area (Å²) in [6.07, 6.45) is 1.58. The molecule has 2 aromatic rings. The van der Waals surface area contributed by atoms with Gasteiger partial charge in [0.1, 0.15) is 11.6 Å². The highest BCUT2D eigenvalue weighted by molar-refractivity contribution is 5.87. The number of carbonyl (C=O) groups is 1. The highest BCUT2D eigenvalue weighted by atomic mass is 19.1. The standard InChI is InChI=1S/C13H12FNO3/c14-12-6-9(3-4-11(12)13(16)17)7-15-8-10-2-1-5-18-10/h1-6,15H,7-8H2,(H,16,17). The predicted octanol–water partition coefficient (Wildman–Crippen LogP) is 2.41. The summed E-state index contributed by atoms with van der Waals surface area (Å²) >= 11 is 0. The molecule has 0 amide bonds. The van der Waals surface area contributed by atoms with Crippen LogP contribution < -0.4 is 5.32 Å². The van der Waals surface area contributed by atoms with Crippen molar-refractivity contribution in [2.75, 3.05) is 0 Å². The van der Waals surface area contributed by atoms with Crippen LogP contribution in [0.4, 0.5) is 4.39 Å². The third-order valence-corrected chi connectivity index (χ3v) is 2.47. The molecule has 2 rings (SSSR count). The summed E-state index contributed by atoms with van der Waals surface area (Å²) in [6, 6.07) is 7.70. The van der Waals surface area contributed by atoms with Crippen LogP contribution in [0, 0.1) is 5.82 Å². The molecule has 0 atom stereocenters. The van der Waals surface area contributed by atoms with Crippen molar-refractivity contribution >= 4 is 5.97 Å². The minimum atomic E-state index is -1.26. The van der Waals surface area contributed by atoms with E-state index < -0.39 is 11.8 Å². The van der Waals surface area contributed by atoms with Gasteiger partial charge in [-0.05, 0) is 29.8 Å². The second-order valence-corrected chi connectivity index (χ2v) is 3.80. The predicted molar refractivity (Wildman–Crippen MR) is 62.6 cm³/mol. The van der Waals surface area contributed by atoms with E-state index in [9.17, 15) is 9.18 Å². The summed E-state index contributed by atoms with van der Waals surface area (Å²) in [5.41, 5.74) is 0.369. The average Bonchev–Trinajstić information content (AvgIpc) is 2.81. The van der Waals surface area contributed by atoms with Crippen LogP contribution in [0.15, 0.2) is 41.0 Å². The van der Waals surface area contributed by atoms with E-state index in [1.165, 1.54) is 12.1 Å². The molecule has 0 spiro atoms. The molecule has 0 radical (unpaired) electrons. The number of carboxylic acid groups (broad SMARTS) is 1. The molecule has 0 aliphatic carbocycles. The van der Waals surface area contributed by atoms with Crippen molar-refractivity contribution in [3.8, 4) is 0 Å². The van der Waals surface area contributed by atoms with E-state index in [-0.39, 0.29) is 5.56 Å². The Morgan fingerprint density at radius 1 is 1.33 bits per heavy atom. The molecule has 5 heteroatoms. The van der Waals surface area contributed by atoms with Gasteiger partial charge < -0.3 is 14.8 Å². The molecule has 1 aromatic heterocycles. The molecule has 0 bridgehead atoms.